The van der Waals surface area contributed by atoms with Crippen LogP contribution in [0.15, 0.2) is 81.2 Å². The minimum Gasteiger partial charge on any atom is -0.469 e. The van der Waals surface area contributed by atoms with Gasteiger partial charge in [-0.05, 0) is 49.2 Å². The van der Waals surface area contributed by atoms with E-state index in [1.165, 1.54) is 0 Å². The first-order valence-electron chi connectivity index (χ1n) is 11.7. The summed E-state index contributed by atoms with van der Waals surface area (Å²) >= 11 is 0. The van der Waals surface area contributed by atoms with Gasteiger partial charge in [0.15, 0.2) is 5.78 Å². The third-order valence-electron chi connectivity index (χ3n) is 6.51. The van der Waals surface area contributed by atoms with E-state index in [1.54, 1.807) is 23.5 Å². The van der Waals surface area contributed by atoms with Crippen LogP contribution >= 0.6 is 0 Å². The molecule has 5 rings (SSSR count). The van der Waals surface area contributed by atoms with Crippen LogP contribution in [-0.4, -0.2) is 11.7 Å². The summed E-state index contributed by atoms with van der Waals surface area (Å²) in [6.07, 6.45) is 7.45. The van der Waals surface area contributed by atoms with Crippen LogP contribution in [0.2, 0.25) is 0 Å². The summed E-state index contributed by atoms with van der Waals surface area (Å²) in [7, 11) is 0. The molecule has 1 aliphatic carbocycles. The molecule has 2 aromatic heterocycles. The molecule has 0 bridgehead atoms. The first kappa shape index (κ1) is 21.3. The van der Waals surface area contributed by atoms with Crippen LogP contribution in [0, 0.1) is 0 Å². The molecule has 0 unspecified atom stereocenters. The lowest BCUT2D eigenvalue weighted by Crippen LogP contribution is -2.38. The minimum atomic E-state index is -0.606. The zero-order chi connectivity index (χ0) is 22.8. The highest BCUT2D eigenvalue weighted by atomic mass is 16.3. The molecule has 2 atom stereocenters. The molecule has 2 aliphatic rings. The van der Waals surface area contributed by atoms with Crippen molar-refractivity contribution in [2.45, 2.75) is 57.4 Å². The summed E-state index contributed by atoms with van der Waals surface area (Å²) in [4.78, 5) is 29.1. The SMILES string of the molecule is CCCCCC(=O)N1c2ccccc2NC2=C(C(=O)C[C@H](c3ccco3)C2)[C@H]1c1ccco1. The fraction of sp³-hybridized carbons (Fsp3) is 0.333. The smallest absolute Gasteiger partial charge is 0.228 e. The number of nitrogens with one attached hydrogen (secondary N) is 1. The molecule has 0 saturated carbocycles. The zero-order valence-corrected chi connectivity index (χ0v) is 18.8. The van der Waals surface area contributed by atoms with E-state index in [1.807, 2.05) is 42.5 Å². The summed E-state index contributed by atoms with van der Waals surface area (Å²) in [6.45, 7) is 2.12. The van der Waals surface area contributed by atoms with Crippen molar-refractivity contribution < 1.29 is 18.4 Å². The van der Waals surface area contributed by atoms with Crippen LogP contribution in [0.25, 0.3) is 0 Å². The van der Waals surface area contributed by atoms with Gasteiger partial charge < -0.3 is 14.2 Å². The van der Waals surface area contributed by atoms with Gasteiger partial charge in [0.1, 0.15) is 17.6 Å². The predicted octanol–water partition coefficient (Wildman–Crippen LogP) is 6.35. The van der Waals surface area contributed by atoms with Gasteiger partial charge in [-0.2, -0.15) is 0 Å². The molecule has 6 heteroatoms. The molecular formula is C27H28N2O4. The van der Waals surface area contributed by atoms with Crippen molar-refractivity contribution in [2.75, 3.05) is 10.2 Å². The van der Waals surface area contributed by atoms with Crippen molar-refractivity contribution in [1.82, 2.24) is 0 Å². The van der Waals surface area contributed by atoms with Crippen LogP contribution in [-0.2, 0) is 9.59 Å². The average Bonchev–Trinajstić information content (AvgIpc) is 3.51. The summed E-state index contributed by atoms with van der Waals surface area (Å²) in [6, 6.07) is 14.6. The van der Waals surface area contributed by atoms with Crippen molar-refractivity contribution >= 4 is 23.1 Å². The van der Waals surface area contributed by atoms with Crippen molar-refractivity contribution in [3.8, 4) is 0 Å². The number of para-hydroxylation sites is 2. The molecule has 6 nitrogen and oxygen atoms in total. The topological polar surface area (TPSA) is 75.7 Å². The summed E-state index contributed by atoms with van der Waals surface area (Å²) in [5, 5.41) is 3.51. The number of Topliss-reactive ketones (excluding diaryl/α,β-unsaturated/α-hetero) is 1. The summed E-state index contributed by atoms with van der Waals surface area (Å²) < 4.78 is 11.4. The van der Waals surface area contributed by atoms with Gasteiger partial charge in [0.2, 0.25) is 5.91 Å². The first-order chi connectivity index (χ1) is 16.2. The molecule has 33 heavy (non-hydrogen) atoms. The van der Waals surface area contributed by atoms with Gasteiger partial charge in [-0.3, -0.25) is 14.5 Å². The number of anilines is 2. The van der Waals surface area contributed by atoms with Crippen molar-refractivity contribution in [3.05, 3.63) is 83.8 Å². The second kappa shape index (κ2) is 9.14. The van der Waals surface area contributed by atoms with Crippen molar-refractivity contribution in [3.63, 3.8) is 0 Å². The first-order valence-corrected chi connectivity index (χ1v) is 11.7. The molecule has 3 heterocycles. The number of unbranched alkanes of at least 4 members (excludes halogenated alkanes) is 2. The summed E-state index contributed by atoms with van der Waals surface area (Å²) in [5.74, 6) is 1.35. The second-order valence-corrected chi connectivity index (χ2v) is 8.72. The number of carbonyl (C=O) groups is 2. The number of amides is 1. The van der Waals surface area contributed by atoms with E-state index >= 15 is 0 Å². The van der Waals surface area contributed by atoms with E-state index in [-0.39, 0.29) is 17.6 Å². The molecule has 3 aromatic rings. The second-order valence-electron chi connectivity index (χ2n) is 8.72. The zero-order valence-electron chi connectivity index (χ0n) is 18.8. The number of ketones is 1. The van der Waals surface area contributed by atoms with E-state index in [0.717, 1.165) is 42.1 Å². The van der Waals surface area contributed by atoms with Gasteiger partial charge in [0, 0.05) is 30.0 Å². The van der Waals surface area contributed by atoms with E-state index in [0.29, 0.717) is 30.6 Å². The maximum Gasteiger partial charge on any atom is 0.228 e. The van der Waals surface area contributed by atoms with Crippen LogP contribution < -0.4 is 10.2 Å². The van der Waals surface area contributed by atoms with Gasteiger partial charge in [-0.25, -0.2) is 0 Å². The molecule has 1 amide bonds. The monoisotopic (exact) mass is 444 g/mol. The third kappa shape index (κ3) is 4.01. The number of furan rings is 2. The summed E-state index contributed by atoms with van der Waals surface area (Å²) in [5.41, 5.74) is 3.01. The number of hydrogen-bond donors (Lipinski definition) is 1. The van der Waals surface area contributed by atoms with Crippen LogP contribution in [0.4, 0.5) is 11.4 Å². The Morgan fingerprint density at radius 2 is 1.76 bits per heavy atom. The van der Waals surface area contributed by atoms with Gasteiger partial charge >= 0.3 is 0 Å². The lowest BCUT2D eigenvalue weighted by atomic mass is 9.81. The highest BCUT2D eigenvalue weighted by molar-refractivity contribution is 6.06. The van der Waals surface area contributed by atoms with E-state index in [4.69, 9.17) is 8.83 Å². The number of benzene rings is 1. The highest BCUT2D eigenvalue weighted by Crippen LogP contribution is 2.47. The Morgan fingerprint density at radius 3 is 2.48 bits per heavy atom. The molecular weight excluding hydrogens is 416 g/mol. The van der Waals surface area contributed by atoms with E-state index in [2.05, 4.69) is 12.2 Å². The lowest BCUT2D eigenvalue weighted by molar-refractivity contribution is -0.119. The average molecular weight is 445 g/mol. The number of hydrogen-bond acceptors (Lipinski definition) is 5. The number of rotatable bonds is 6. The fourth-order valence-corrected chi connectivity index (χ4v) is 4.95. The Bertz CT molecular complexity index is 1160. The third-order valence-corrected chi connectivity index (χ3v) is 6.51. The molecule has 1 N–H and O–H groups in total. The quantitative estimate of drug-likeness (QED) is 0.448. The standard InChI is InChI=1S/C27H28N2O4/c1-2-3-4-13-25(31)29-21-10-6-5-9-19(21)28-20-16-18(23-11-7-14-32-23)17-22(30)26(20)27(29)24-12-8-15-33-24/h5-12,14-15,18,27-28H,2-4,13,16-17H2,1H3/t18-,27-/m1/s1. The molecule has 170 valence electrons. The van der Waals surface area contributed by atoms with Gasteiger partial charge in [-0.1, -0.05) is 31.9 Å². The number of nitrogens with zero attached hydrogens (tertiary/aromatic N) is 1. The molecule has 0 fully saturated rings. The fourth-order valence-electron chi connectivity index (χ4n) is 4.95. The molecule has 0 radical (unpaired) electrons. The molecule has 0 saturated heterocycles. The minimum absolute atomic E-state index is 0.00529. The Morgan fingerprint density at radius 1 is 1.00 bits per heavy atom. The number of carbonyl (C=O) groups excluding carboxylic acids is 2. The van der Waals surface area contributed by atoms with Crippen molar-refractivity contribution in [2.24, 2.45) is 0 Å². The number of fused-ring (bicyclic) bond motifs is 1. The van der Waals surface area contributed by atoms with E-state index in [9.17, 15) is 9.59 Å². The van der Waals surface area contributed by atoms with Gasteiger partial charge in [-0.15, -0.1) is 0 Å². The maximum absolute atomic E-state index is 13.7. The highest BCUT2D eigenvalue weighted by Gasteiger charge is 2.43. The van der Waals surface area contributed by atoms with Crippen LogP contribution in [0.5, 0.6) is 0 Å². The van der Waals surface area contributed by atoms with E-state index < -0.39 is 6.04 Å². The van der Waals surface area contributed by atoms with Crippen molar-refractivity contribution in [1.29, 1.82) is 0 Å². The predicted molar refractivity (Wildman–Crippen MR) is 126 cm³/mol. The molecule has 1 aromatic carbocycles. The number of allylic oxidation sites excluding steroid dienone is 1. The largest absolute Gasteiger partial charge is 0.469 e. The maximum atomic E-state index is 13.7. The van der Waals surface area contributed by atoms with Crippen LogP contribution in [0.3, 0.4) is 0 Å². The Balaban J connectivity index is 1.64. The Labute approximate surface area is 193 Å². The molecule has 1 aliphatic heterocycles. The lowest BCUT2D eigenvalue weighted by Gasteiger charge is -2.33. The van der Waals surface area contributed by atoms with Gasteiger partial charge in [0.05, 0.1) is 23.9 Å². The normalized spacial score (nSPS) is 20.2. The van der Waals surface area contributed by atoms with Gasteiger partial charge in [0.25, 0.3) is 0 Å². The Hall–Kier alpha value is -3.54. The van der Waals surface area contributed by atoms with Crippen LogP contribution in [0.1, 0.15) is 68.9 Å². The molecule has 0 spiro atoms. The Kier molecular flexibility index (Phi) is 5.90.